The molecule has 1 aliphatic rings. The summed E-state index contributed by atoms with van der Waals surface area (Å²) in [6.07, 6.45) is 1.47. The molecule has 0 spiro atoms. The number of amides is 2. The van der Waals surface area contributed by atoms with E-state index in [-0.39, 0.29) is 22.8 Å². The number of hydrogen-bond donors (Lipinski definition) is 3. The monoisotopic (exact) mass is 361 g/mol. The number of aromatic nitrogens is 2. The zero-order valence-corrected chi connectivity index (χ0v) is 14.3. The maximum Gasteiger partial charge on any atom is 0.262 e. The second-order valence-electron chi connectivity index (χ2n) is 6.18. The lowest BCUT2D eigenvalue weighted by atomic mass is 9.98. The first-order valence-corrected chi connectivity index (χ1v) is 8.20. The van der Waals surface area contributed by atoms with Crippen LogP contribution in [0.25, 0.3) is 17.3 Å². The number of para-hydroxylation sites is 1. The molecule has 7 nitrogen and oxygen atoms in total. The number of carbonyl (C=O) groups excluding carboxylic acids is 2. The van der Waals surface area contributed by atoms with Crippen molar-refractivity contribution in [1.29, 1.82) is 0 Å². The maximum absolute atomic E-state index is 12.4. The summed E-state index contributed by atoms with van der Waals surface area (Å²) >= 11 is 0. The van der Waals surface area contributed by atoms with Crippen molar-refractivity contribution in [3.8, 4) is 17.2 Å². The smallest absolute Gasteiger partial charge is 0.262 e. The Balaban J connectivity index is 1.92. The van der Waals surface area contributed by atoms with Gasteiger partial charge in [-0.3, -0.25) is 14.9 Å². The number of hydrogen-bond acceptors (Lipinski definition) is 5. The van der Waals surface area contributed by atoms with Crippen molar-refractivity contribution in [3.63, 3.8) is 0 Å². The molecule has 1 aliphatic heterocycles. The number of nitrogens with zero attached hydrogens (tertiary/aromatic N) is 2. The summed E-state index contributed by atoms with van der Waals surface area (Å²) < 4.78 is 1.61. The van der Waals surface area contributed by atoms with Crippen LogP contribution in [0.15, 0.2) is 48.5 Å². The molecule has 0 saturated carbocycles. The Labute approximate surface area is 154 Å². The normalized spacial score (nSPS) is 14.9. The number of fused-ring (bicyclic) bond motifs is 1. The van der Waals surface area contributed by atoms with Gasteiger partial charge in [-0.05, 0) is 42.8 Å². The quantitative estimate of drug-likeness (QED) is 0.480. The van der Waals surface area contributed by atoms with Crippen LogP contribution in [-0.2, 0) is 4.79 Å². The summed E-state index contributed by atoms with van der Waals surface area (Å²) in [7, 11) is 0. The Bertz CT molecular complexity index is 1090. The van der Waals surface area contributed by atoms with E-state index >= 15 is 0 Å². The third kappa shape index (κ3) is 2.85. The molecule has 27 heavy (non-hydrogen) atoms. The highest BCUT2D eigenvalue weighted by Gasteiger charge is 2.33. The van der Waals surface area contributed by atoms with E-state index in [1.54, 1.807) is 11.6 Å². The van der Waals surface area contributed by atoms with E-state index in [4.69, 9.17) is 0 Å². The summed E-state index contributed by atoms with van der Waals surface area (Å²) in [5.41, 5.74) is 2.52. The Morgan fingerprint density at radius 2 is 1.67 bits per heavy atom. The molecule has 1 aromatic heterocycles. The van der Waals surface area contributed by atoms with Gasteiger partial charge in [-0.15, -0.1) is 0 Å². The lowest BCUT2D eigenvalue weighted by molar-refractivity contribution is -0.114. The Morgan fingerprint density at radius 1 is 1.00 bits per heavy atom. The lowest BCUT2D eigenvalue weighted by Crippen LogP contribution is -2.36. The van der Waals surface area contributed by atoms with Crippen molar-refractivity contribution in [2.24, 2.45) is 0 Å². The van der Waals surface area contributed by atoms with Crippen LogP contribution in [0.5, 0.6) is 11.5 Å². The third-order valence-corrected chi connectivity index (χ3v) is 4.31. The Hall–Kier alpha value is -3.87. The van der Waals surface area contributed by atoms with Gasteiger partial charge in [0.05, 0.1) is 22.5 Å². The molecule has 4 rings (SSSR count). The molecule has 7 heteroatoms. The summed E-state index contributed by atoms with van der Waals surface area (Å²) in [6, 6.07) is 13.3. The predicted octanol–water partition coefficient (Wildman–Crippen LogP) is 2.40. The summed E-state index contributed by atoms with van der Waals surface area (Å²) in [5, 5.41) is 26.1. The van der Waals surface area contributed by atoms with Gasteiger partial charge in [-0.1, -0.05) is 18.2 Å². The summed E-state index contributed by atoms with van der Waals surface area (Å²) in [4.78, 5) is 24.8. The van der Waals surface area contributed by atoms with Crippen LogP contribution in [0.4, 0.5) is 0 Å². The number of nitrogens with one attached hydrogen (secondary N) is 1. The van der Waals surface area contributed by atoms with Crippen LogP contribution >= 0.6 is 0 Å². The van der Waals surface area contributed by atoms with Crippen molar-refractivity contribution in [1.82, 2.24) is 15.1 Å². The van der Waals surface area contributed by atoms with Crippen LogP contribution in [0.3, 0.4) is 0 Å². The molecule has 2 aromatic carbocycles. The fraction of sp³-hybridized carbons (Fsp3) is 0.0500. The van der Waals surface area contributed by atoms with Gasteiger partial charge in [0.25, 0.3) is 11.8 Å². The topological polar surface area (TPSA) is 104 Å². The fourth-order valence-electron chi connectivity index (χ4n) is 3.13. The minimum absolute atomic E-state index is 0.139. The van der Waals surface area contributed by atoms with E-state index in [1.165, 1.54) is 24.3 Å². The fourth-order valence-corrected chi connectivity index (χ4v) is 3.13. The van der Waals surface area contributed by atoms with Crippen molar-refractivity contribution >= 4 is 23.5 Å². The first kappa shape index (κ1) is 16.6. The number of phenols is 2. The number of carbonyl (C=O) groups is 2. The van der Waals surface area contributed by atoms with E-state index < -0.39 is 11.8 Å². The van der Waals surface area contributed by atoms with Crippen molar-refractivity contribution in [3.05, 3.63) is 71.0 Å². The first-order chi connectivity index (χ1) is 12.9. The number of phenolic OH excluding ortho intramolecular Hbond substituents is 2. The molecule has 3 N–H and O–H groups in total. The van der Waals surface area contributed by atoms with E-state index in [2.05, 4.69) is 10.4 Å². The number of aromatic hydroxyl groups is 2. The van der Waals surface area contributed by atoms with Crippen LogP contribution in [-0.4, -0.2) is 31.8 Å². The molecule has 0 aliphatic carbocycles. The maximum atomic E-state index is 12.4. The van der Waals surface area contributed by atoms with Gasteiger partial charge >= 0.3 is 0 Å². The minimum atomic E-state index is -0.590. The molecule has 0 atom stereocenters. The summed E-state index contributed by atoms with van der Waals surface area (Å²) in [6.45, 7) is 1.76. The van der Waals surface area contributed by atoms with E-state index in [0.29, 0.717) is 16.8 Å². The minimum Gasteiger partial charge on any atom is -0.508 e. The van der Waals surface area contributed by atoms with Gasteiger partial charge in [0, 0.05) is 6.07 Å². The van der Waals surface area contributed by atoms with Gasteiger partial charge in [0.2, 0.25) is 0 Å². The van der Waals surface area contributed by atoms with Crippen LogP contribution in [0.1, 0.15) is 27.3 Å². The molecular weight excluding hydrogens is 346 g/mol. The van der Waals surface area contributed by atoms with Crippen molar-refractivity contribution in [2.45, 2.75) is 6.92 Å². The molecule has 0 unspecified atom stereocenters. The number of benzene rings is 2. The molecule has 134 valence electrons. The van der Waals surface area contributed by atoms with Crippen LogP contribution < -0.4 is 5.32 Å². The molecule has 0 fully saturated rings. The molecule has 2 heterocycles. The standard InChI is InChI=1S/C20H15N3O4/c1-11-17-18(22-23(11)13-5-3-2-4-6-13)16(19(26)21-20(17)27)9-12-7-14(24)10-15(25)8-12/h2-10,24-25H,1H3,(H,21,26,27)/b16-9+. The van der Waals surface area contributed by atoms with Gasteiger partial charge in [0.1, 0.15) is 17.2 Å². The lowest BCUT2D eigenvalue weighted by Gasteiger charge is -2.14. The molecule has 0 radical (unpaired) electrons. The van der Waals surface area contributed by atoms with E-state index in [0.717, 1.165) is 5.69 Å². The van der Waals surface area contributed by atoms with Gasteiger partial charge in [-0.2, -0.15) is 5.10 Å². The molecule has 0 saturated heterocycles. The zero-order valence-electron chi connectivity index (χ0n) is 14.3. The molecule has 0 bridgehead atoms. The van der Waals surface area contributed by atoms with Crippen LogP contribution in [0, 0.1) is 6.92 Å². The Morgan fingerprint density at radius 3 is 2.33 bits per heavy atom. The predicted molar refractivity (Wildman–Crippen MR) is 98.4 cm³/mol. The van der Waals surface area contributed by atoms with Gasteiger partial charge in [-0.25, -0.2) is 4.68 Å². The third-order valence-electron chi connectivity index (χ3n) is 4.31. The average molecular weight is 361 g/mol. The first-order valence-electron chi connectivity index (χ1n) is 8.20. The second-order valence-corrected chi connectivity index (χ2v) is 6.18. The van der Waals surface area contributed by atoms with E-state index in [9.17, 15) is 19.8 Å². The largest absolute Gasteiger partial charge is 0.508 e. The van der Waals surface area contributed by atoms with Crippen molar-refractivity contribution in [2.75, 3.05) is 0 Å². The second kappa shape index (κ2) is 6.14. The molecule has 2 amide bonds. The highest BCUT2D eigenvalue weighted by Crippen LogP contribution is 2.30. The van der Waals surface area contributed by atoms with E-state index in [1.807, 2.05) is 30.3 Å². The van der Waals surface area contributed by atoms with Gasteiger partial charge in [0.15, 0.2) is 0 Å². The molecular formula is C20H15N3O4. The van der Waals surface area contributed by atoms with Gasteiger partial charge < -0.3 is 10.2 Å². The highest BCUT2D eigenvalue weighted by atomic mass is 16.3. The summed E-state index contributed by atoms with van der Waals surface area (Å²) in [5.74, 6) is -1.38. The Kier molecular flexibility index (Phi) is 3.77. The average Bonchev–Trinajstić information content (AvgIpc) is 2.96. The SMILES string of the molecule is Cc1c2c(nn1-c1ccccc1)/C(=C\c1cc(O)cc(O)c1)C(=O)NC2=O. The number of imide groups is 1. The van der Waals surface area contributed by atoms with Crippen molar-refractivity contribution < 1.29 is 19.8 Å². The zero-order chi connectivity index (χ0) is 19.1. The van der Waals surface area contributed by atoms with Crippen LogP contribution in [0.2, 0.25) is 0 Å². The highest BCUT2D eigenvalue weighted by molar-refractivity contribution is 6.33. The molecule has 3 aromatic rings. The number of rotatable bonds is 2.